The Hall–Kier alpha value is -0.0800. The number of halogens is 1. The average molecular weight is 150 g/mol. The number of rotatable bonds is 0. The largest absolute Gasteiger partial charge is 0.310 e. The van der Waals surface area contributed by atoms with Crippen LogP contribution < -0.4 is 5.32 Å². The highest BCUT2D eigenvalue weighted by atomic mass is 35.5. The lowest BCUT2D eigenvalue weighted by atomic mass is 10.00. The van der Waals surface area contributed by atoms with Gasteiger partial charge in [0.25, 0.3) is 0 Å². The van der Waals surface area contributed by atoms with E-state index in [9.17, 15) is 4.79 Å². The Kier molecular flexibility index (Phi) is 3.82. The van der Waals surface area contributed by atoms with E-state index in [0.717, 1.165) is 13.0 Å². The second kappa shape index (κ2) is 3.85. The fourth-order valence-corrected chi connectivity index (χ4v) is 0.865. The van der Waals surface area contributed by atoms with Crippen LogP contribution in [0.3, 0.4) is 0 Å². The van der Waals surface area contributed by atoms with Crippen LogP contribution in [0.4, 0.5) is 0 Å². The van der Waals surface area contributed by atoms with Crippen molar-refractivity contribution in [2.24, 2.45) is 5.92 Å². The molecule has 54 valence electrons. The van der Waals surface area contributed by atoms with Gasteiger partial charge in [-0.25, -0.2) is 0 Å². The molecule has 1 aliphatic rings. The molecular weight excluding hydrogens is 138 g/mol. The zero-order valence-corrected chi connectivity index (χ0v) is 6.33. The quantitative estimate of drug-likeness (QED) is 0.547. The topological polar surface area (TPSA) is 29.1 Å². The van der Waals surface area contributed by atoms with Gasteiger partial charge in [-0.1, -0.05) is 6.92 Å². The lowest BCUT2D eigenvalue weighted by Crippen LogP contribution is -2.35. The Morgan fingerprint density at radius 2 is 2.33 bits per heavy atom. The maximum Gasteiger partial charge on any atom is 0.149 e. The minimum absolute atomic E-state index is 0. The van der Waals surface area contributed by atoms with Gasteiger partial charge in [-0.15, -0.1) is 12.4 Å². The summed E-state index contributed by atoms with van der Waals surface area (Å²) in [5.41, 5.74) is 0. The van der Waals surface area contributed by atoms with Gasteiger partial charge in [-0.3, -0.25) is 4.79 Å². The van der Waals surface area contributed by atoms with Crippen LogP contribution in [0.5, 0.6) is 0 Å². The minimum Gasteiger partial charge on any atom is -0.310 e. The standard InChI is InChI=1S/C6H11NO.ClH/c1-5-2-3-7-4-6(5)8;/h5,7H,2-4H2,1H3;1H/t5-;/m1./s1. The van der Waals surface area contributed by atoms with Crippen LogP contribution in [0.25, 0.3) is 0 Å². The van der Waals surface area contributed by atoms with Gasteiger partial charge in [-0.2, -0.15) is 0 Å². The van der Waals surface area contributed by atoms with Crippen LogP contribution in [0.15, 0.2) is 0 Å². The monoisotopic (exact) mass is 149 g/mol. The van der Waals surface area contributed by atoms with Crippen LogP contribution in [0.1, 0.15) is 13.3 Å². The number of piperidine rings is 1. The molecule has 1 rings (SSSR count). The molecule has 0 radical (unpaired) electrons. The average Bonchev–Trinajstić information content (AvgIpc) is 1.77. The predicted molar refractivity (Wildman–Crippen MR) is 38.9 cm³/mol. The summed E-state index contributed by atoms with van der Waals surface area (Å²) in [6.07, 6.45) is 1.01. The summed E-state index contributed by atoms with van der Waals surface area (Å²) in [6.45, 7) is 3.58. The molecule has 1 N–H and O–H groups in total. The second-order valence-corrected chi connectivity index (χ2v) is 2.33. The van der Waals surface area contributed by atoms with Gasteiger partial charge in [-0.05, 0) is 13.0 Å². The molecule has 0 aliphatic carbocycles. The van der Waals surface area contributed by atoms with E-state index in [2.05, 4.69) is 5.32 Å². The van der Waals surface area contributed by atoms with E-state index in [1.165, 1.54) is 0 Å². The molecule has 2 nitrogen and oxygen atoms in total. The first-order valence-corrected chi connectivity index (χ1v) is 3.04. The molecule has 0 amide bonds. The summed E-state index contributed by atoms with van der Waals surface area (Å²) in [6, 6.07) is 0. The van der Waals surface area contributed by atoms with Crippen molar-refractivity contribution < 1.29 is 4.79 Å². The van der Waals surface area contributed by atoms with Gasteiger partial charge in [0.1, 0.15) is 5.78 Å². The van der Waals surface area contributed by atoms with Crippen LogP contribution >= 0.6 is 12.4 Å². The fraction of sp³-hybridized carbons (Fsp3) is 0.833. The molecule has 1 atom stereocenters. The number of Topliss-reactive ketones (excluding diaryl/α,β-unsaturated/α-hetero) is 1. The van der Waals surface area contributed by atoms with Crippen molar-refractivity contribution in [1.82, 2.24) is 5.32 Å². The van der Waals surface area contributed by atoms with Crippen molar-refractivity contribution in [1.29, 1.82) is 0 Å². The summed E-state index contributed by atoms with van der Waals surface area (Å²) < 4.78 is 0. The third kappa shape index (κ3) is 2.33. The van der Waals surface area contributed by atoms with Crippen LogP contribution in [-0.2, 0) is 4.79 Å². The molecule has 1 saturated heterocycles. The third-order valence-electron chi connectivity index (χ3n) is 1.60. The number of hydrogen-bond acceptors (Lipinski definition) is 2. The SMILES string of the molecule is C[C@@H]1CCNCC1=O.Cl. The normalized spacial score (nSPS) is 27.2. The van der Waals surface area contributed by atoms with Gasteiger partial charge < -0.3 is 5.32 Å². The van der Waals surface area contributed by atoms with Crippen molar-refractivity contribution in [3.63, 3.8) is 0 Å². The number of carbonyl (C=O) groups excluding carboxylic acids is 1. The third-order valence-corrected chi connectivity index (χ3v) is 1.60. The molecule has 9 heavy (non-hydrogen) atoms. The van der Waals surface area contributed by atoms with E-state index in [4.69, 9.17) is 0 Å². The van der Waals surface area contributed by atoms with Crippen LogP contribution in [-0.4, -0.2) is 18.9 Å². The van der Waals surface area contributed by atoms with E-state index in [-0.39, 0.29) is 12.4 Å². The van der Waals surface area contributed by atoms with E-state index in [0.29, 0.717) is 18.2 Å². The predicted octanol–water partition coefficient (Wildman–Crippen LogP) is 0.607. The maximum absolute atomic E-state index is 10.7. The fourth-order valence-electron chi connectivity index (χ4n) is 0.865. The lowest BCUT2D eigenvalue weighted by molar-refractivity contribution is -0.122. The zero-order valence-electron chi connectivity index (χ0n) is 5.52. The Bertz CT molecular complexity index is 105. The number of carbonyl (C=O) groups is 1. The molecule has 0 unspecified atom stereocenters. The van der Waals surface area contributed by atoms with Crippen molar-refractivity contribution >= 4 is 18.2 Å². The molecule has 0 spiro atoms. The highest BCUT2D eigenvalue weighted by Gasteiger charge is 2.15. The first-order valence-electron chi connectivity index (χ1n) is 3.04. The maximum atomic E-state index is 10.7. The minimum atomic E-state index is 0. The Labute approximate surface area is 61.4 Å². The Balaban J connectivity index is 0.000000640. The van der Waals surface area contributed by atoms with Crippen molar-refractivity contribution in [2.75, 3.05) is 13.1 Å². The van der Waals surface area contributed by atoms with Gasteiger partial charge in [0.2, 0.25) is 0 Å². The molecule has 0 aromatic carbocycles. The highest BCUT2D eigenvalue weighted by Crippen LogP contribution is 2.04. The molecule has 1 aliphatic heterocycles. The smallest absolute Gasteiger partial charge is 0.149 e. The zero-order chi connectivity index (χ0) is 5.98. The molecular formula is C6H12ClNO. The van der Waals surface area contributed by atoms with Crippen molar-refractivity contribution in [2.45, 2.75) is 13.3 Å². The summed E-state index contributed by atoms with van der Waals surface area (Å²) >= 11 is 0. The first kappa shape index (κ1) is 8.92. The summed E-state index contributed by atoms with van der Waals surface area (Å²) in [5, 5.41) is 3.02. The van der Waals surface area contributed by atoms with Crippen molar-refractivity contribution in [3.05, 3.63) is 0 Å². The van der Waals surface area contributed by atoms with Gasteiger partial charge in [0.15, 0.2) is 0 Å². The van der Waals surface area contributed by atoms with Crippen LogP contribution in [0, 0.1) is 5.92 Å². The van der Waals surface area contributed by atoms with E-state index in [1.54, 1.807) is 0 Å². The van der Waals surface area contributed by atoms with Crippen molar-refractivity contribution in [3.8, 4) is 0 Å². The molecule has 1 heterocycles. The highest BCUT2D eigenvalue weighted by molar-refractivity contribution is 5.85. The molecule has 0 saturated carbocycles. The van der Waals surface area contributed by atoms with Crippen LogP contribution in [0.2, 0.25) is 0 Å². The van der Waals surface area contributed by atoms with Gasteiger partial charge in [0.05, 0.1) is 6.54 Å². The van der Waals surface area contributed by atoms with E-state index < -0.39 is 0 Å². The lowest BCUT2D eigenvalue weighted by Gasteiger charge is -2.16. The molecule has 0 aromatic heterocycles. The summed E-state index contributed by atoms with van der Waals surface area (Å²) in [4.78, 5) is 10.7. The molecule has 3 heteroatoms. The molecule has 0 aromatic rings. The first-order chi connectivity index (χ1) is 3.80. The molecule has 1 fully saturated rings. The summed E-state index contributed by atoms with van der Waals surface area (Å²) in [5.74, 6) is 0.660. The van der Waals surface area contributed by atoms with Gasteiger partial charge >= 0.3 is 0 Å². The number of hydrogen-bond donors (Lipinski definition) is 1. The Morgan fingerprint density at radius 3 is 2.67 bits per heavy atom. The van der Waals surface area contributed by atoms with E-state index >= 15 is 0 Å². The number of ketones is 1. The number of nitrogens with one attached hydrogen (secondary N) is 1. The second-order valence-electron chi connectivity index (χ2n) is 2.33. The van der Waals surface area contributed by atoms with Gasteiger partial charge in [0, 0.05) is 5.92 Å². The molecule has 0 bridgehead atoms. The van der Waals surface area contributed by atoms with E-state index in [1.807, 2.05) is 6.92 Å². The summed E-state index contributed by atoms with van der Waals surface area (Å²) in [7, 11) is 0. The Morgan fingerprint density at radius 1 is 1.67 bits per heavy atom.